The molecule has 0 spiro atoms. The highest BCUT2D eigenvalue weighted by Gasteiger charge is 2.42. The molecule has 2 aliphatic carbocycles. The van der Waals surface area contributed by atoms with E-state index in [1.54, 1.807) is 20.8 Å². The maximum Gasteiger partial charge on any atom is 0.341 e. The Morgan fingerprint density at radius 2 is 2.00 bits per heavy atom. The van der Waals surface area contributed by atoms with Gasteiger partial charge in [-0.2, -0.15) is 0 Å². The van der Waals surface area contributed by atoms with Crippen LogP contribution in [0.15, 0.2) is 12.1 Å². The normalized spacial score (nSPS) is 25.8. The maximum absolute atomic E-state index is 14.3. The number of hydrogen-bond donors (Lipinski definition) is 0. The highest BCUT2D eigenvalue weighted by atomic mass is 35.5. The minimum atomic E-state index is -0.722. The van der Waals surface area contributed by atoms with Gasteiger partial charge in [-0.25, -0.2) is 9.18 Å². The first kappa shape index (κ1) is 17.5. The number of halogens is 2. The molecule has 0 saturated heterocycles. The number of fused-ring (bicyclic) bond motifs is 1. The number of ether oxygens (including phenoxy) is 2. The second kappa shape index (κ2) is 6.55. The summed E-state index contributed by atoms with van der Waals surface area (Å²) in [4.78, 5) is 12.0. The van der Waals surface area contributed by atoms with Gasteiger partial charge in [0.05, 0.1) is 17.2 Å². The second-order valence-electron chi connectivity index (χ2n) is 8.01. The average molecular weight is 355 g/mol. The number of carbonyl (C=O) groups is 1. The summed E-state index contributed by atoms with van der Waals surface area (Å²) in [5, 5.41) is 0.234. The van der Waals surface area contributed by atoms with Gasteiger partial charge in [0.2, 0.25) is 0 Å². The van der Waals surface area contributed by atoms with Gasteiger partial charge < -0.3 is 9.47 Å². The largest absolute Gasteiger partial charge is 0.492 e. The van der Waals surface area contributed by atoms with Crippen molar-refractivity contribution in [1.82, 2.24) is 0 Å². The molecular weight excluding hydrogens is 331 g/mol. The summed E-state index contributed by atoms with van der Waals surface area (Å²) in [6.07, 6.45) is 4.99. The van der Waals surface area contributed by atoms with E-state index >= 15 is 0 Å². The van der Waals surface area contributed by atoms with Gasteiger partial charge in [-0.1, -0.05) is 11.6 Å². The molecule has 0 amide bonds. The Bertz CT molecular complexity index is 638. The number of carbonyl (C=O) groups excluding carboxylic acids is 1. The quantitative estimate of drug-likeness (QED) is 0.693. The minimum absolute atomic E-state index is 0.166. The molecule has 132 valence electrons. The van der Waals surface area contributed by atoms with Crippen molar-refractivity contribution in [3.8, 4) is 5.75 Å². The Hall–Kier alpha value is -1.29. The minimum Gasteiger partial charge on any atom is -0.492 e. The molecule has 0 heterocycles. The second-order valence-corrected chi connectivity index (χ2v) is 8.42. The highest BCUT2D eigenvalue weighted by Crippen LogP contribution is 2.51. The molecule has 0 aromatic heterocycles. The zero-order chi connectivity index (χ0) is 17.5. The van der Waals surface area contributed by atoms with Gasteiger partial charge in [0.1, 0.15) is 17.2 Å². The summed E-state index contributed by atoms with van der Waals surface area (Å²) >= 11 is 6.17. The van der Waals surface area contributed by atoms with Crippen LogP contribution in [0.5, 0.6) is 5.75 Å². The molecule has 2 aliphatic rings. The van der Waals surface area contributed by atoms with Crippen molar-refractivity contribution >= 4 is 17.6 Å². The first-order valence-electron chi connectivity index (χ1n) is 8.58. The predicted molar refractivity (Wildman–Crippen MR) is 91.0 cm³/mol. The zero-order valence-electron chi connectivity index (χ0n) is 14.4. The topological polar surface area (TPSA) is 35.5 Å². The summed E-state index contributed by atoms with van der Waals surface area (Å²) < 4.78 is 25.2. The fourth-order valence-electron chi connectivity index (χ4n) is 3.44. The number of benzene rings is 1. The molecule has 24 heavy (non-hydrogen) atoms. The Morgan fingerprint density at radius 1 is 1.25 bits per heavy atom. The van der Waals surface area contributed by atoms with Crippen molar-refractivity contribution in [3.63, 3.8) is 0 Å². The van der Waals surface area contributed by atoms with Crippen LogP contribution in [0.25, 0.3) is 0 Å². The van der Waals surface area contributed by atoms with Crippen molar-refractivity contribution in [2.45, 2.75) is 52.1 Å². The van der Waals surface area contributed by atoms with Gasteiger partial charge in [-0.3, -0.25) is 0 Å². The molecule has 0 radical (unpaired) electrons. The van der Waals surface area contributed by atoms with E-state index in [0.717, 1.165) is 18.3 Å². The standard InChI is InChI=1S/C19H24ClFO3/c1-19(2,3)24-18(22)14-8-15(20)17(9-16(14)21)23-10-11-4-5-12-7-13(12)6-11/h8-9,11-13H,4-7,10H2,1-3H3/t11?,12-,13+/m0/s1. The van der Waals surface area contributed by atoms with E-state index in [-0.39, 0.29) is 10.6 Å². The third-order valence-electron chi connectivity index (χ3n) is 4.77. The van der Waals surface area contributed by atoms with E-state index in [9.17, 15) is 9.18 Å². The smallest absolute Gasteiger partial charge is 0.341 e. The molecule has 0 N–H and O–H groups in total. The van der Waals surface area contributed by atoms with Crippen LogP contribution in [0.4, 0.5) is 4.39 Å². The molecule has 1 aromatic carbocycles. The van der Waals surface area contributed by atoms with E-state index in [2.05, 4.69) is 0 Å². The lowest BCUT2D eigenvalue weighted by Crippen LogP contribution is -2.24. The molecule has 1 unspecified atom stereocenters. The Morgan fingerprint density at radius 3 is 2.67 bits per heavy atom. The van der Waals surface area contributed by atoms with Crippen molar-refractivity contribution in [1.29, 1.82) is 0 Å². The number of hydrogen-bond acceptors (Lipinski definition) is 3. The molecule has 2 fully saturated rings. The lowest BCUT2D eigenvalue weighted by molar-refractivity contribution is 0.00646. The van der Waals surface area contributed by atoms with Crippen LogP contribution in [0.3, 0.4) is 0 Å². The molecule has 0 bridgehead atoms. The van der Waals surface area contributed by atoms with Crippen LogP contribution in [-0.2, 0) is 4.74 Å². The summed E-state index contributed by atoms with van der Waals surface area (Å²) in [6, 6.07) is 2.47. The predicted octanol–water partition coefficient (Wildman–Crippen LogP) is 5.25. The molecule has 0 aliphatic heterocycles. The molecular formula is C19H24ClFO3. The van der Waals surface area contributed by atoms with Gasteiger partial charge >= 0.3 is 5.97 Å². The van der Waals surface area contributed by atoms with E-state index in [1.807, 2.05) is 0 Å². The van der Waals surface area contributed by atoms with Crippen LogP contribution in [-0.4, -0.2) is 18.2 Å². The van der Waals surface area contributed by atoms with Crippen molar-refractivity contribution in [2.75, 3.05) is 6.61 Å². The van der Waals surface area contributed by atoms with Gasteiger partial charge in [0, 0.05) is 6.07 Å². The highest BCUT2D eigenvalue weighted by molar-refractivity contribution is 6.32. The Kier molecular flexibility index (Phi) is 4.78. The van der Waals surface area contributed by atoms with E-state index in [0.29, 0.717) is 18.3 Å². The fourth-order valence-corrected chi connectivity index (χ4v) is 3.65. The third kappa shape index (κ3) is 4.21. The van der Waals surface area contributed by atoms with Gasteiger partial charge in [-0.05, 0) is 70.3 Å². The Balaban J connectivity index is 1.64. The first-order valence-corrected chi connectivity index (χ1v) is 8.96. The van der Waals surface area contributed by atoms with Crippen molar-refractivity contribution in [3.05, 3.63) is 28.5 Å². The monoisotopic (exact) mass is 354 g/mol. The molecule has 5 heteroatoms. The summed E-state index contributed by atoms with van der Waals surface area (Å²) in [5.74, 6) is 1.22. The van der Waals surface area contributed by atoms with Crippen LogP contribution >= 0.6 is 11.6 Å². The lowest BCUT2D eigenvalue weighted by Gasteiger charge is -2.22. The lowest BCUT2D eigenvalue weighted by atomic mass is 9.90. The van der Waals surface area contributed by atoms with Crippen LogP contribution in [0, 0.1) is 23.6 Å². The van der Waals surface area contributed by atoms with Crippen LogP contribution < -0.4 is 4.74 Å². The van der Waals surface area contributed by atoms with E-state index < -0.39 is 17.4 Å². The number of rotatable bonds is 4. The van der Waals surface area contributed by atoms with E-state index in [1.165, 1.54) is 31.4 Å². The van der Waals surface area contributed by atoms with Gasteiger partial charge in [-0.15, -0.1) is 0 Å². The summed E-state index contributed by atoms with van der Waals surface area (Å²) in [6.45, 7) is 5.75. The summed E-state index contributed by atoms with van der Waals surface area (Å²) in [7, 11) is 0. The zero-order valence-corrected chi connectivity index (χ0v) is 15.2. The van der Waals surface area contributed by atoms with E-state index in [4.69, 9.17) is 21.1 Å². The third-order valence-corrected chi connectivity index (χ3v) is 5.06. The Labute approximate surface area is 147 Å². The molecule has 3 nitrogen and oxygen atoms in total. The van der Waals surface area contributed by atoms with Gasteiger partial charge in [0.15, 0.2) is 0 Å². The average Bonchev–Trinajstić information content (AvgIpc) is 3.24. The fraction of sp³-hybridized carbons (Fsp3) is 0.632. The summed E-state index contributed by atoms with van der Waals surface area (Å²) in [5.41, 5.74) is -0.854. The van der Waals surface area contributed by atoms with Gasteiger partial charge in [0.25, 0.3) is 0 Å². The molecule has 2 saturated carbocycles. The van der Waals surface area contributed by atoms with Crippen molar-refractivity contribution in [2.24, 2.45) is 17.8 Å². The molecule has 3 rings (SSSR count). The van der Waals surface area contributed by atoms with Crippen LogP contribution in [0.2, 0.25) is 5.02 Å². The molecule has 3 atom stereocenters. The SMILES string of the molecule is CC(C)(C)OC(=O)c1cc(Cl)c(OCC2CC[C@H]3C[C@H]3C2)cc1F. The maximum atomic E-state index is 14.3. The van der Waals surface area contributed by atoms with Crippen LogP contribution in [0.1, 0.15) is 56.8 Å². The first-order chi connectivity index (χ1) is 11.2. The number of esters is 1. The molecule has 1 aromatic rings. The van der Waals surface area contributed by atoms with Crippen molar-refractivity contribution < 1.29 is 18.7 Å².